The monoisotopic (exact) mass is 280 g/mol. The van der Waals surface area contributed by atoms with Crippen LogP contribution in [0.1, 0.15) is 13.3 Å². The van der Waals surface area contributed by atoms with Crippen LogP contribution in [0.5, 0.6) is 5.75 Å². The van der Waals surface area contributed by atoms with Crippen LogP contribution in [0.15, 0.2) is 30.6 Å². The van der Waals surface area contributed by atoms with Gasteiger partial charge in [0.15, 0.2) is 0 Å². The molecule has 2 aromatic rings. The van der Waals surface area contributed by atoms with Gasteiger partial charge >= 0.3 is 0 Å². The molecule has 0 spiro atoms. The third-order valence-electron chi connectivity index (χ3n) is 2.59. The number of aromatic nitrogens is 1. The number of halogens is 2. The van der Waals surface area contributed by atoms with Gasteiger partial charge in [0.25, 0.3) is 0 Å². The van der Waals surface area contributed by atoms with Crippen LogP contribution in [0.2, 0.25) is 5.02 Å². The van der Waals surface area contributed by atoms with Crippen molar-refractivity contribution in [2.24, 2.45) is 0 Å². The Bertz CT molecular complexity index is 590. The largest absolute Gasteiger partial charge is 0.492 e. The van der Waals surface area contributed by atoms with E-state index < -0.39 is 5.82 Å². The molecule has 1 aromatic carbocycles. The van der Waals surface area contributed by atoms with Crippen molar-refractivity contribution in [2.45, 2.75) is 13.3 Å². The van der Waals surface area contributed by atoms with Gasteiger partial charge in [0.1, 0.15) is 11.6 Å². The van der Waals surface area contributed by atoms with Gasteiger partial charge in [-0.25, -0.2) is 4.39 Å². The van der Waals surface area contributed by atoms with Crippen molar-refractivity contribution in [3.8, 4) is 16.9 Å². The van der Waals surface area contributed by atoms with E-state index in [4.69, 9.17) is 22.1 Å². The second kappa shape index (κ2) is 5.89. The van der Waals surface area contributed by atoms with Crippen molar-refractivity contribution in [1.82, 2.24) is 4.98 Å². The summed E-state index contributed by atoms with van der Waals surface area (Å²) in [6.07, 6.45) is 4.11. The minimum atomic E-state index is -0.436. The minimum Gasteiger partial charge on any atom is -0.492 e. The Hall–Kier alpha value is -1.81. The maximum atomic E-state index is 13.4. The summed E-state index contributed by atoms with van der Waals surface area (Å²) < 4.78 is 18.9. The summed E-state index contributed by atoms with van der Waals surface area (Å²) in [5.41, 5.74) is 7.38. The summed E-state index contributed by atoms with van der Waals surface area (Å²) in [5, 5.41) is 0.190. The SMILES string of the molecule is CCCOc1cncc(-c2cc(F)cc(Cl)c2N)c1. The Kier molecular flexibility index (Phi) is 4.22. The van der Waals surface area contributed by atoms with E-state index in [0.29, 0.717) is 29.2 Å². The van der Waals surface area contributed by atoms with E-state index >= 15 is 0 Å². The van der Waals surface area contributed by atoms with Crippen LogP contribution in [-0.2, 0) is 0 Å². The van der Waals surface area contributed by atoms with Crippen molar-refractivity contribution in [2.75, 3.05) is 12.3 Å². The number of hydrogen-bond donors (Lipinski definition) is 1. The first kappa shape index (κ1) is 13.6. The van der Waals surface area contributed by atoms with Crippen molar-refractivity contribution in [3.05, 3.63) is 41.4 Å². The highest BCUT2D eigenvalue weighted by molar-refractivity contribution is 6.33. The number of nitrogens with zero attached hydrogens (tertiary/aromatic N) is 1. The number of anilines is 1. The zero-order chi connectivity index (χ0) is 13.8. The van der Waals surface area contributed by atoms with Gasteiger partial charge in [-0.15, -0.1) is 0 Å². The summed E-state index contributed by atoms with van der Waals surface area (Å²) >= 11 is 5.88. The molecule has 19 heavy (non-hydrogen) atoms. The molecule has 0 saturated heterocycles. The first-order chi connectivity index (χ1) is 9.11. The Morgan fingerprint density at radius 2 is 2.11 bits per heavy atom. The van der Waals surface area contributed by atoms with Gasteiger partial charge in [-0.3, -0.25) is 4.98 Å². The fraction of sp³-hybridized carbons (Fsp3) is 0.214. The lowest BCUT2D eigenvalue weighted by atomic mass is 10.1. The molecule has 3 nitrogen and oxygen atoms in total. The third-order valence-corrected chi connectivity index (χ3v) is 2.90. The predicted molar refractivity (Wildman–Crippen MR) is 74.8 cm³/mol. The molecule has 1 heterocycles. The molecular formula is C14H14ClFN2O. The van der Waals surface area contributed by atoms with Gasteiger partial charge in [0, 0.05) is 17.3 Å². The molecule has 0 amide bonds. The highest BCUT2D eigenvalue weighted by atomic mass is 35.5. The lowest BCUT2D eigenvalue weighted by molar-refractivity contribution is 0.316. The van der Waals surface area contributed by atoms with E-state index in [-0.39, 0.29) is 5.02 Å². The molecule has 0 aliphatic heterocycles. The molecule has 1 aromatic heterocycles. The van der Waals surface area contributed by atoms with E-state index in [1.807, 2.05) is 6.92 Å². The molecule has 100 valence electrons. The van der Waals surface area contributed by atoms with Crippen LogP contribution in [0, 0.1) is 5.82 Å². The topological polar surface area (TPSA) is 48.1 Å². The van der Waals surface area contributed by atoms with E-state index in [0.717, 1.165) is 6.42 Å². The van der Waals surface area contributed by atoms with Crippen LogP contribution >= 0.6 is 11.6 Å². The Balaban J connectivity index is 2.41. The first-order valence-corrected chi connectivity index (χ1v) is 6.32. The van der Waals surface area contributed by atoms with Crippen molar-refractivity contribution >= 4 is 17.3 Å². The number of hydrogen-bond acceptors (Lipinski definition) is 3. The summed E-state index contributed by atoms with van der Waals surface area (Å²) in [6, 6.07) is 4.29. The molecular weight excluding hydrogens is 267 g/mol. The molecule has 0 bridgehead atoms. The molecule has 0 aliphatic rings. The maximum absolute atomic E-state index is 13.4. The third kappa shape index (κ3) is 3.15. The summed E-state index contributed by atoms with van der Waals surface area (Å²) in [4.78, 5) is 4.07. The maximum Gasteiger partial charge on any atom is 0.138 e. The predicted octanol–water partition coefficient (Wildman–Crippen LogP) is 3.91. The fourth-order valence-corrected chi connectivity index (χ4v) is 1.89. The Morgan fingerprint density at radius 3 is 2.84 bits per heavy atom. The van der Waals surface area contributed by atoms with Crippen molar-refractivity contribution in [1.29, 1.82) is 0 Å². The zero-order valence-electron chi connectivity index (χ0n) is 10.5. The van der Waals surface area contributed by atoms with Crippen LogP contribution in [0.4, 0.5) is 10.1 Å². The smallest absolute Gasteiger partial charge is 0.138 e. The number of ether oxygens (including phenoxy) is 1. The van der Waals surface area contributed by atoms with Crippen LogP contribution in [0.3, 0.4) is 0 Å². The second-order valence-electron chi connectivity index (χ2n) is 4.11. The van der Waals surface area contributed by atoms with Crippen LogP contribution in [0.25, 0.3) is 11.1 Å². The molecule has 0 unspecified atom stereocenters. The van der Waals surface area contributed by atoms with Gasteiger partial charge in [-0.2, -0.15) is 0 Å². The highest BCUT2D eigenvalue weighted by Crippen LogP contribution is 2.33. The summed E-state index contributed by atoms with van der Waals surface area (Å²) in [6.45, 7) is 2.62. The molecule has 0 radical (unpaired) electrons. The first-order valence-electron chi connectivity index (χ1n) is 5.94. The fourth-order valence-electron chi connectivity index (χ4n) is 1.69. The Labute approximate surface area is 116 Å². The zero-order valence-corrected chi connectivity index (χ0v) is 11.2. The molecule has 5 heteroatoms. The molecule has 0 saturated carbocycles. The Morgan fingerprint density at radius 1 is 1.32 bits per heavy atom. The standard InChI is InChI=1S/C14H14ClFN2O/c1-2-3-19-11-4-9(7-18-8-11)12-5-10(16)6-13(15)14(12)17/h4-8H,2-3,17H2,1H3. The molecule has 2 rings (SSSR count). The van der Waals surface area contributed by atoms with Gasteiger partial charge in [0.2, 0.25) is 0 Å². The molecule has 0 aliphatic carbocycles. The number of rotatable bonds is 4. The van der Waals surface area contributed by atoms with Crippen molar-refractivity contribution < 1.29 is 9.13 Å². The van der Waals surface area contributed by atoms with E-state index in [1.165, 1.54) is 12.1 Å². The lowest BCUT2D eigenvalue weighted by Crippen LogP contribution is -1.97. The van der Waals surface area contributed by atoms with Crippen molar-refractivity contribution in [3.63, 3.8) is 0 Å². The molecule has 0 atom stereocenters. The van der Waals surface area contributed by atoms with Gasteiger partial charge in [0.05, 0.1) is 23.5 Å². The number of nitrogen functional groups attached to an aromatic ring is 1. The van der Waals surface area contributed by atoms with Crippen LogP contribution in [-0.4, -0.2) is 11.6 Å². The minimum absolute atomic E-state index is 0.190. The number of pyridine rings is 1. The van der Waals surface area contributed by atoms with Crippen LogP contribution < -0.4 is 10.5 Å². The van der Waals surface area contributed by atoms with Gasteiger partial charge in [-0.05, 0) is 24.6 Å². The van der Waals surface area contributed by atoms with Gasteiger partial charge < -0.3 is 10.5 Å². The quantitative estimate of drug-likeness (QED) is 0.864. The molecule has 2 N–H and O–H groups in total. The lowest BCUT2D eigenvalue weighted by Gasteiger charge is -2.10. The van der Waals surface area contributed by atoms with E-state index in [9.17, 15) is 4.39 Å². The normalized spacial score (nSPS) is 10.5. The van der Waals surface area contributed by atoms with E-state index in [1.54, 1.807) is 18.5 Å². The summed E-state index contributed by atoms with van der Waals surface area (Å²) in [5.74, 6) is 0.188. The summed E-state index contributed by atoms with van der Waals surface area (Å²) in [7, 11) is 0. The second-order valence-corrected chi connectivity index (χ2v) is 4.51. The number of benzene rings is 1. The highest BCUT2D eigenvalue weighted by Gasteiger charge is 2.10. The average Bonchev–Trinajstić information content (AvgIpc) is 2.41. The van der Waals surface area contributed by atoms with Gasteiger partial charge in [-0.1, -0.05) is 18.5 Å². The average molecular weight is 281 g/mol. The number of nitrogens with two attached hydrogens (primary N) is 1. The van der Waals surface area contributed by atoms with E-state index in [2.05, 4.69) is 4.98 Å². The molecule has 0 fully saturated rings.